The molecule has 7 heterocycles. The average molecular weight is 1370 g/mol. The van der Waals surface area contributed by atoms with Crippen molar-refractivity contribution in [2.75, 3.05) is 46.2 Å². The van der Waals surface area contributed by atoms with Crippen molar-refractivity contribution in [2.24, 2.45) is 50.2 Å². The molecule has 18 N–H and O–H groups in total. The molecule has 0 aromatic carbocycles. The van der Waals surface area contributed by atoms with E-state index in [-0.39, 0.29) is 50.4 Å². The predicted octanol–water partition coefficient (Wildman–Crippen LogP) is -5.42. The van der Waals surface area contributed by atoms with E-state index < -0.39 is 229 Å². The Morgan fingerprint density at radius 2 is 0.905 bits per heavy atom. The van der Waals surface area contributed by atoms with Gasteiger partial charge in [0.15, 0.2) is 37.7 Å². The highest BCUT2D eigenvalue weighted by atomic mass is 16.8. The van der Waals surface area contributed by atoms with Crippen LogP contribution in [0.5, 0.6) is 0 Å². The second kappa shape index (κ2) is 27.1. The van der Waals surface area contributed by atoms with E-state index in [0.29, 0.717) is 19.4 Å². The predicted molar refractivity (Wildman–Crippen MR) is 315 cm³/mol. The molecule has 1 spiro atoms. The van der Waals surface area contributed by atoms with Crippen molar-refractivity contribution < 1.29 is 153 Å². The van der Waals surface area contributed by atoms with Crippen LogP contribution in [0.1, 0.15) is 113 Å². The van der Waals surface area contributed by atoms with Crippen LogP contribution in [-0.4, -0.2) is 328 Å². The third-order valence-electron chi connectivity index (χ3n) is 26.1. The van der Waals surface area contributed by atoms with Crippen molar-refractivity contribution in [3.63, 3.8) is 0 Å². The summed E-state index contributed by atoms with van der Waals surface area (Å²) in [6.07, 6.45) is -45.1. The van der Waals surface area contributed by atoms with E-state index in [1.165, 1.54) is 0 Å². The number of ether oxygens (including phenoxy) is 13. The Morgan fingerprint density at radius 1 is 0.389 bits per heavy atom. The SMILES string of the molecule is CC1(C)CC[C@]23CO[C@@]4(CC[C@@H]5[C@@]6(C)CC[C@H](O[C@@H]7OC[C@H](O[C@@H]8O[C@H](CO)[C@@H](O)[C@H](O[C@@H]9O[C@H](CO)[C@@H](O)[C@H](O[C@@H]%10O[C@H](CO)[C@@H](O)[C@H](O)[C@H]%10O)[C@H]9O)[C@H]8O[C@@H]8OC[C@@H](O)[C@H](O)[C@H]8O)[C@H](O)[C@H]7O[C@@H]7O[C@H](CO)[C@@H](O)[C@H](O)[C@H]7O)C(C)(C)[C@@H]6CC[C@@]5(C)[C@]4(C)C[C@H]2O)[C@@H]3C1. The topological polar surface area (TPSA) is 484 Å². The lowest BCUT2D eigenvalue weighted by Gasteiger charge is -2.75. The number of hydrogen-bond donors (Lipinski definition) is 18. The van der Waals surface area contributed by atoms with Gasteiger partial charge in [0.25, 0.3) is 0 Å². The van der Waals surface area contributed by atoms with Gasteiger partial charge in [-0.05, 0) is 104 Å². The average Bonchev–Trinajstić information content (AvgIpc) is 1.21. The summed E-state index contributed by atoms with van der Waals surface area (Å²) in [5, 5.41) is 199. The van der Waals surface area contributed by atoms with Crippen molar-refractivity contribution in [1.82, 2.24) is 0 Å². The van der Waals surface area contributed by atoms with Crippen LogP contribution in [0.4, 0.5) is 0 Å². The van der Waals surface area contributed by atoms with E-state index in [1.807, 2.05) is 0 Å². The Morgan fingerprint density at radius 3 is 1.52 bits per heavy atom. The van der Waals surface area contributed by atoms with Crippen molar-refractivity contribution in [1.29, 1.82) is 0 Å². The molecule has 0 aromatic rings. The van der Waals surface area contributed by atoms with Gasteiger partial charge in [0.1, 0.15) is 134 Å². The van der Waals surface area contributed by atoms with E-state index in [2.05, 4.69) is 48.5 Å². The van der Waals surface area contributed by atoms with Gasteiger partial charge < -0.3 is 153 Å². The Hall–Kier alpha value is -1.24. The van der Waals surface area contributed by atoms with Crippen molar-refractivity contribution in [2.45, 2.75) is 303 Å². The van der Waals surface area contributed by atoms with E-state index in [4.69, 9.17) is 61.6 Å². The van der Waals surface area contributed by atoms with Crippen LogP contribution >= 0.6 is 0 Å². The smallest absolute Gasteiger partial charge is 0.187 e. The maximum Gasteiger partial charge on any atom is 0.187 e. The quantitative estimate of drug-likeness (QED) is 0.0641. The molecule has 0 aromatic heterocycles. The van der Waals surface area contributed by atoms with Crippen LogP contribution in [-0.2, 0) is 61.6 Å². The molecule has 31 heteroatoms. The normalized spacial score (nSPS) is 56.7. The highest BCUT2D eigenvalue weighted by Gasteiger charge is 2.80. The molecule has 12 aliphatic rings. The molecule has 12 fully saturated rings. The first-order valence-corrected chi connectivity index (χ1v) is 34.1. The van der Waals surface area contributed by atoms with Gasteiger partial charge in [-0.15, -0.1) is 0 Å². The molecule has 12 rings (SSSR count). The van der Waals surface area contributed by atoms with Crippen LogP contribution in [0.15, 0.2) is 0 Å². The lowest BCUT2D eigenvalue weighted by Crippen LogP contribution is -2.74. The molecule has 95 heavy (non-hydrogen) atoms. The van der Waals surface area contributed by atoms with Gasteiger partial charge >= 0.3 is 0 Å². The minimum Gasteiger partial charge on any atom is -0.394 e. The second-order valence-corrected chi connectivity index (χ2v) is 31.8. The number of hydrogen-bond acceptors (Lipinski definition) is 31. The zero-order valence-electron chi connectivity index (χ0n) is 54.9. The summed E-state index contributed by atoms with van der Waals surface area (Å²) in [7, 11) is 0. The fraction of sp³-hybridized carbons (Fsp3) is 1.00. The fourth-order valence-corrected chi connectivity index (χ4v) is 20.4. The summed E-state index contributed by atoms with van der Waals surface area (Å²) in [4.78, 5) is 0. The second-order valence-electron chi connectivity index (χ2n) is 31.8. The third-order valence-corrected chi connectivity index (χ3v) is 26.1. The molecular weight excluding hydrogens is 1260 g/mol. The molecule has 0 unspecified atom stereocenters. The molecule has 31 nitrogen and oxygen atoms in total. The molecule has 0 radical (unpaired) electrons. The standard InChI is InChI=1S/C64H106O31/c1-58(2)14-15-63-24-85-64(33(63)16-58)13-9-32-60(5)11-10-35(59(3,4)31(60)8-12-61(32,6)62(64,7)17-34(63)70)91-56-50(94-54-46(81)43(78)38(73)27(19-66)87-54)41(76)30(23-84-56)90-57-51(95-52-44(79)36(71)25(69)22-83-52)49(40(75)29(21-68)89-57)93-55-47(82)48(39(74)28(20-67)88-55)92-53-45(80)42(77)37(72)26(18-65)86-53/h25-57,65-82H,8-24H2,1-7H3/t25-,26-,27-,28-,29-,30+,31+,32-,33-,34-,35+,36+,37-,38-,39-,40-,41+,42+,43+,44-,45-,46-,47-,48+,49+,50-,51-,52+,53+,54+,55+,56+,57+,60+,61-,62+,63-,64+/m1/s1. The molecular formula is C64H106O31. The summed E-state index contributed by atoms with van der Waals surface area (Å²) in [5.74, 6) is 0.564. The Bertz CT molecular complexity index is 2610. The highest BCUT2D eigenvalue weighted by Crippen LogP contribution is 2.80. The van der Waals surface area contributed by atoms with E-state index in [1.54, 1.807) is 0 Å². The molecule has 2 bridgehead atoms. The number of rotatable bonds is 16. The molecule has 38 atom stereocenters. The minimum absolute atomic E-state index is 0.0755. The summed E-state index contributed by atoms with van der Waals surface area (Å²) >= 11 is 0. The lowest BCUT2D eigenvalue weighted by molar-refractivity contribution is -0.408. The van der Waals surface area contributed by atoms with Crippen LogP contribution in [0.2, 0.25) is 0 Å². The van der Waals surface area contributed by atoms with Crippen LogP contribution in [0.25, 0.3) is 0 Å². The Labute approximate surface area is 550 Å². The van der Waals surface area contributed by atoms with Crippen molar-refractivity contribution in [3.8, 4) is 0 Å². The maximum absolute atomic E-state index is 12.8. The van der Waals surface area contributed by atoms with Gasteiger partial charge in [-0.3, -0.25) is 0 Å². The maximum atomic E-state index is 12.8. The first-order valence-electron chi connectivity index (χ1n) is 34.1. The molecule has 5 aliphatic carbocycles. The lowest BCUT2D eigenvalue weighted by atomic mass is 9.30. The molecule has 5 saturated carbocycles. The first-order chi connectivity index (χ1) is 44.7. The van der Waals surface area contributed by atoms with Gasteiger partial charge in [-0.25, -0.2) is 0 Å². The van der Waals surface area contributed by atoms with Crippen molar-refractivity contribution >= 4 is 0 Å². The molecule has 7 saturated heterocycles. The molecule has 7 aliphatic heterocycles. The summed E-state index contributed by atoms with van der Waals surface area (Å²) in [5.41, 5.74) is -1.83. The van der Waals surface area contributed by atoms with Gasteiger partial charge in [-0.2, -0.15) is 0 Å². The summed E-state index contributed by atoms with van der Waals surface area (Å²) in [6.45, 7) is 11.9. The van der Waals surface area contributed by atoms with Gasteiger partial charge in [0.05, 0.1) is 64.1 Å². The zero-order valence-corrected chi connectivity index (χ0v) is 54.9. The van der Waals surface area contributed by atoms with Crippen molar-refractivity contribution in [3.05, 3.63) is 0 Å². The number of aliphatic hydroxyl groups excluding tert-OH is 18. The summed E-state index contributed by atoms with van der Waals surface area (Å²) < 4.78 is 80.8. The fourth-order valence-electron chi connectivity index (χ4n) is 20.4. The zero-order chi connectivity index (χ0) is 68.8. The van der Waals surface area contributed by atoms with E-state index >= 15 is 0 Å². The minimum atomic E-state index is -2.21. The largest absolute Gasteiger partial charge is 0.394 e. The Balaban J connectivity index is 0.819. The first kappa shape index (κ1) is 73.5. The summed E-state index contributed by atoms with van der Waals surface area (Å²) in [6, 6.07) is 0. The van der Waals surface area contributed by atoms with E-state index in [0.717, 1.165) is 51.4 Å². The van der Waals surface area contributed by atoms with Crippen LogP contribution in [0, 0.1) is 50.2 Å². The number of fused-ring (bicyclic) bond motifs is 4. The van der Waals surface area contributed by atoms with Crippen LogP contribution in [0.3, 0.4) is 0 Å². The molecule has 0 amide bonds. The van der Waals surface area contributed by atoms with E-state index in [9.17, 15) is 91.9 Å². The molecule has 548 valence electrons. The highest BCUT2D eigenvalue weighted by molar-refractivity contribution is 5.28. The number of aliphatic hydroxyl groups is 18. The van der Waals surface area contributed by atoms with Gasteiger partial charge in [0.2, 0.25) is 0 Å². The van der Waals surface area contributed by atoms with Gasteiger partial charge in [0, 0.05) is 10.8 Å². The third kappa shape index (κ3) is 12.0. The monoisotopic (exact) mass is 1370 g/mol. The van der Waals surface area contributed by atoms with Gasteiger partial charge in [-0.1, -0.05) is 48.5 Å². The van der Waals surface area contributed by atoms with Crippen LogP contribution < -0.4 is 0 Å². The Kier molecular flexibility index (Phi) is 21.0.